The van der Waals surface area contributed by atoms with Crippen molar-refractivity contribution in [3.63, 3.8) is 0 Å². The molecular weight excluding hydrogens is 769 g/mol. The second kappa shape index (κ2) is 15.2. The van der Waals surface area contributed by atoms with Crippen molar-refractivity contribution in [2.24, 2.45) is 0 Å². The van der Waals surface area contributed by atoms with Gasteiger partial charge in [-0.25, -0.2) is 0 Å². The van der Waals surface area contributed by atoms with Crippen LogP contribution in [0.25, 0.3) is 98.3 Å². The molecule has 0 aromatic heterocycles. The topological polar surface area (TPSA) is 0 Å². The van der Waals surface area contributed by atoms with Crippen molar-refractivity contribution in [2.75, 3.05) is 0 Å². The number of benzene rings is 12. The molecule has 0 unspecified atom stereocenters. The Hall–Kier alpha value is -8.42. The summed E-state index contributed by atoms with van der Waals surface area (Å²) in [6.07, 6.45) is 4.46. The summed E-state index contributed by atoms with van der Waals surface area (Å²) < 4.78 is 0. The molecular formula is C64H40. The summed E-state index contributed by atoms with van der Waals surface area (Å²) in [5, 5.41) is 19.8. The van der Waals surface area contributed by atoms with E-state index in [1.54, 1.807) is 0 Å². The monoisotopic (exact) mass is 808 g/mol. The Balaban J connectivity index is 0.807. The van der Waals surface area contributed by atoms with Gasteiger partial charge in [0.05, 0.1) is 0 Å². The second-order valence-electron chi connectivity index (χ2n) is 17.4. The van der Waals surface area contributed by atoms with Gasteiger partial charge in [0.2, 0.25) is 0 Å². The van der Waals surface area contributed by atoms with E-state index in [4.69, 9.17) is 0 Å². The molecule has 0 nitrogen and oxygen atoms in total. The van der Waals surface area contributed by atoms with Gasteiger partial charge in [-0.15, -0.1) is 0 Å². The molecule has 0 heteroatoms. The molecule has 296 valence electrons. The van der Waals surface area contributed by atoms with Crippen LogP contribution in [0, 0.1) is 37.5 Å². The first-order valence-electron chi connectivity index (χ1n) is 21.9. The van der Waals surface area contributed by atoms with Crippen molar-refractivity contribution >= 4 is 98.3 Å². The van der Waals surface area contributed by atoms with Gasteiger partial charge in [-0.05, 0) is 245 Å². The number of rotatable bonds is 2. The standard InChI is InChI=1S/C64H40/c1-41-3-7-43(8-4-41)11-13-45-17-21-49-29-57-39-63-35-55-27-47(19-23-51(55)31-59(63)37-61(57)33-53(49)25-45)15-16-48-20-24-52-32-60-38-62-34-54-26-46(14-12-44-9-5-42(2)6-10-44)18-22-50(54)30-58(62)40-64(60)36-56(52)28-48/h3-10,15-40H,1-2H3/b16-15+. The molecule has 0 heterocycles. The molecule has 0 aliphatic heterocycles. The summed E-state index contributed by atoms with van der Waals surface area (Å²) in [5.74, 6) is 13.4. The molecule has 0 aliphatic rings. The van der Waals surface area contributed by atoms with Crippen molar-refractivity contribution in [1.82, 2.24) is 0 Å². The smallest absolute Gasteiger partial charge is 0.0255 e. The summed E-state index contributed by atoms with van der Waals surface area (Å²) >= 11 is 0. The number of aryl methyl sites for hydroxylation is 2. The lowest BCUT2D eigenvalue weighted by molar-refractivity contribution is 1.46. The minimum absolute atomic E-state index is 1.03. The highest BCUT2D eigenvalue weighted by Gasteiger charge is 2.07. The predicted molar refractivity (Wildman–Crippen MR) is 276 cm³/mol. The SMILES string of the molecule is Cc1ccc(C#Cc2ccc3cc4cc5cc6cc(/C=C/c7ccc8cc9cc%10cc%11cc(C#Cc%12ccc(C)cc%12)ccc%11cc%10cc9cc8c7)ccc6cc5cc4cc3c2)cc1. The zero-order chi connectivity index (χ0) is 42.7. The van der Waals surface area contributed by atoms with Crippen LogP contribution in [-0.2, 0) is 0 Å². The molecule has 0 radical (unpaired) electrons. The van der Waals surface area contributed by atoms with Crippen LogP contribution < -0.4 is 0 Å². The summed E-state index contributed by atoms with van der Waals surface area (Å²) in [5.41, 5.74) is 8.97. The quantitative estimate of drug-likeness (QED) is 0.0927. The zero-order valence-corrected chi connectivity index (χ0v) is 35.6. The van der Waals surface area contributed by atoms with Gasteiger partial charge >= 0.3 is 0 Å². The lowest BCUT2D eigenvalue weighted by Gasteiger charge is -2.08. The van der Waals surface area contributed by atoms with Crippen LogP contribution in [0.1, 0.15) is 44.5 Å². The molecule has 0 amide bonds. The molecule has 0 saturated carbocycles. The van der Waals surface area contributed by atoms with Gasteiger partial charge in [0.1, 0.15) is 0 Å². The summed E-state index contributed by atoms with van der Waals surface area (Å²) in [7, 11) is 0. The maximum Gasteiger partial charge on any atom is 0.0255 e. The molecule has 12 aromatic carbocycles. The van der Waals surface area contributed by atoms with Gasteiger partial charge in [-0.3, -0.25) is 0 Å². The van der Waals surface area contributed by atoms with Crippen molar-refractivity contribution in [3.05, 3.63) is 239 Å². The number of hydrogen-bond donors (Lipinski definition) is 0. The predicted octanol–water partition coefficient (Wildman–Crippen LogP) is 16.5. The van der Waals surface area contributed by atoms with E-state index in [-0.39, 0.29) is 0 Å². The van der Waals surface area contributed by atoms with E-state index in [2.05, 4.69) is 244 Å². The Labute approximate surface area is 372 Å². The number of hydrogen-bond acceptors (Lipinski definition) is 0. The van der Waals surface area contributed by atoms with Gasteiger partial charge in [0.25, 0.3) is 0 Å². The van der Waals surface area contributed by atoms with Gasteiger partial charge in [0, 0.05) is 22.3 Å². The number of fused-ring (bicyclic) bond motifs is 8. The highest BCUT2D eigenvalue weighted by Crippen LogP contribution is 2.33. The van der Waals surface area contributed by atoms with E-state index in [9.17, 15) is 0 Å². The minimum Gasteiger partial charge on any atom is -0.0617 e. The van der Waals surface area contributed by atoms with Crippen LogP contribution in [-0.4, -0.2) is 0 Å². The van der Waals surface area contributed by atoms with Crippen LogP contribution in [0.2, 0.25) is 0 Å². The van der Waals surface area contributed by atoms with Crippen molar-refractivity contribution in [1.29, 1.82) is 0 Å². The Morgan fingerprint density at radius 1 is 0.219 bits per heavy atom. The Kier molecular flexibility index (Phi) is 8.86. The Bertz CT molecular complexity index is 3800. The van der Waals surface area contributed by atoms with Gasteiger partial charge in [-0.2, -0.15) is 0 Å². The first-order valence-corrected chi connectivity index (χ1v) is 21.9. The molecule has 12 rings (SSSR count). The summed E-state index contributed by atoms with van der Waals surface area (Å²) in [4.78, 5) is 0. The van der Waals surface area contributed by atoms with E-state index >= 15 is 0 Å². The van der Waals surface area contributed by atoms with Crippen molar-refractivity contribution in [3.8, 4) is 23.7 Å². The summed E-state index contributed by atoms with van der Waals surface area (Å²) in [6.45, 7) is 4.20. The third-order valence-corrected chi connectivity index (χ3v) is 12.7. The minimum atomic E-state index is 1.03. The largest absolute Gasteiger partial charge is 0.0617 e. The van der Waals surface area contributed by atoms with Crippen LogP contribution in [0.3, 0.4) is 0 Å². The van der Waals surface area contributed by atoms with E-state index in [0.717, 1.165) is 22.3 Å². The van der Waals surface area contributed by atoms with E-state index in [1.165, 1.54) is 108 Å². The lowest BCUT2D eigenvalue weighted by Crippen LogP contribution is -1.83. The third kappa shape index (κ3) is 7.29. The lowest BCUT2D eigenvalue weighted by atomic mass is 9.96. The third-order valence-electron chi connectivity index (χ3n) is 12.7. The second-order valence-corrected chi connectivity index (χ2v) is 17.4. The molecule has 0 bridgehead atoms. The van der Waals surface area contributed by atoms with Gasteiger partial charge in [-0.1, -0.05) is 108 Å². The zero-order valence-electron chi connectivity index (χ0n) is 35.6. The van der Waals surface area contributed by atoms with Crippen LogP contribution >= 0.6 is 0 Å². The first kappa shape index (κ1) is 37.4. The fourth-order valence-corrected chi connectivity index (χ4v) is 9.16. The molecule has 12 aromatic rings. The normalized spacial score (nSPS) is 11.6. The highest BCUT2D eigenvalue weighted by molar-refractivity contribution is 6.10. The Morgan fingerprint density at radius 2 is 0.453 bits per heavy atom. The van der Waals surface area contributed by atoms with Crippen molar-refractivity contribution in [2.45, 2.75) is 13.8 Å². The van der Waals surface area contributed by atoms with Crippen molar-refractivity contribution < 1.29 is 0 Å². The fourth-order valence-electron chi connectivity index (χ4n) is 9.16. The maximum absolute atomic E-state index is 3.36. The molecule has 0 N–H and O–H groups in total. The van der Waals surface area contributed by atoms with Crippen LogP contribution in [0.5, 0.6) is 0 Å². The average Bonchev–Trinajstić information content (AvgIpc) is 3.31. The Morgan fingerprint density at radius 3 is 0.781 bits per heavy atom. The van der Waals surface area contributed by atoms with Crippen LogP contribution in [0.15, 0.2) is 194 Å². The molecule has 64 heavy (non-hydrogen) atoms. The summed E-state index contributed by atoms with van der Waals surface area (Å²) in [6, 6.07) is 71.2. The van der Waals surface area contributed by atoms with Gasteiger partial charge in [0.15, 0.2) is 0 Å². The van der Waals surface area contributed by atoms with E-state index in [1.807, 2.05) is 0 Å². The highest BCUT2D eigenvalue weighted by atomic mass is 14.1. The van der Waals surface area contributed by atoms with E-state index < -0.39 is 0 Å². The fraction of sp³-hybridized carbons (Fsp3) is 0.0312. The average molecular weight is 809 g/mol. The van der Waals surface area contributed by atoms with Gasteiger partial charge < -0.3 is 0 Å². The molecule has 0 atom stereocenters. The molecule has 0 aliphatic carbocycles. The first-order chi connectivity index (χ1) is 31.4. The maximum atomic E-state index is 3.36. The van der Waals surface area contributed by atoms with E-state index in [0.29, 0.717) is 0 Å². The molecule has 0 fully saturated rings. The molecule has 0 saturated heterocycles. The molecule has 0 spiro atoms. The van der Waals surface area contributed by atoms with Crippen LogP contribution in [0.4, 0.5) is 0 Å².